The fraction of sp³-hybridized carbons (Fsp3) is 0.667. The molecule has 0 aliphatic heterocycles. The summed E-state index contributed by atoms with van der Waals surface area (Å²) in [6.07, 6.45) is 3.70. The third-order valence-electron chi connectivity index (χ3n) is 7.71. The Morgan fingerprint density at radius 3 is 2.38 bits per heavy atom. The lowest BCUT2D eigenvalue weighted by molar-refractivity contribution is -0.882. The number of rotatable bonds is 8. The van der Waals surface area contributed by atoms with Crippen LogP contribution in [-0.2, 0) is 25.7 Å². The zero-order chi connectivity index (χ0) is 21.3. The van der Waals surface area contributed by atoms with Gasteiger partial charge in [-0.15, -0.1) is 0 Å². The van der Waals surface area contributed by atoms with Crippen LogP contribution in [0, 0.1) is 16.7 Å². The van der Waals surface area contributed by atoms with Crippen molar-refractivity contribution in [1.29, 1.82) is 0 Å². The summed E-state index contributed by atoms with van der Waals surface area (Å²) in [5, 5.41) is 0. The predicted octanol–water partition coefficient (Wildman–Crippen LogP) is 3.95. The highest BCUT2D eigenvalue weighted by Gasteiger charge is 2.62. The minimum Gasteiger partial charge on any atom is -0.462 e. The second-order valence-corrected chi connectivity index (χ2v) is 10.3. The van der Waals surface area contributed by atoms with E-state index in [9.17, 15) is 9.59 Å². The van der Waals surface area contributed by atoms with E-state index in [-0.39, 0.29) is 42.0 Å². The van der Waals surface area contributed by atoms with E-state index in [1.807, 2.05) is 44.4 Å². The van der Waals surface area contributed by atoms with Gasteiger partial charge < -0.3 is 14.0 Å². The van der Waals surface area contributed by atoms with E-state index in [0.717, 1.165) is 18.4 Å². The summed E-state index contributed by atoms with van der Waals surface area (Å²) in [5.41, 5.74) is 1.28. The average molecular weight is 403 g/mol. The zero-order valence-corrected chi connectivity index (χ0v) is 18.6. The molecule has 0 unspecified atom stereocenters. The highest BCUT2D eigenvalue weighted by molar-refractivity contribution is 5.71. The van der Waals surface area contributed by atoms with Crippen molar-refractivity contribution in [2.45, 2.75) is 59.2 Å². The quantitative estimate of drug-likeness (QED) is 0.488. The van der Waals surface area contributed by atoms with Crippen LogP contribution >= 0.6 is 0 Å². The Bertz CT molecular complexity index is 743. The lowest BCUT2D eigenvalue weighted by Gasteiger charge is -2.38. The molecule has 2 aliphatic carbocycles. The molecule has 0 radical (unpaired) electrons. The molecule has 2 saturated carbocycles. The molecule has 5 nitrogen and oxygen atoms in total. The number of likely N-dealkylation sites (N-methyl/N-ethyl adjacent to an activating group) is 1. The van der Waals surface area contributed by atoms with E-state index >= 15 is 0 Å². The standard InChI is InChI=1S/C24H36NO4/c1-23(2)19-11-13-24(23,3)20(15-19)29-21(26)12-14-25(4,5)16-22(27)28-17-18-9-7-6-8-10-18/h6-10,19-20H,11-17H2,1-5H3/q+1/t19-,20-,24-/m0/s1. The third-order valence-corrected chi connectivity index (χ3v) is 7.71. The Morgan fingerprint density at radius 2 is 1.79 bits per heavy atom. The number of fused-ring (bicyclic) bond motifs is 2. The van der Waals surface area contributed by atoms with Crippen molar-refractivity contribution in [2.75, 3.05) is 27.2 Å². The molecule has 0 N–H and O–H groups in total. The van der Waals surface area contributed by atoms with Crippen molar-refractivity contribution in [2.24, 2.45) is 16.7 Å². The highest BCUT2D eigenvalue weighted by atomic mass is 16.5. The molecule has 0 aromatic heterocycles. The van der Waals surface area contributed by atoms with Gasteiger partial charge in [-0.25, -0.2) is 4.79 Å². The fourth-order valence-corrected chi connectivity index (χ4v) is 5.13. The molecule has 29 heavy (non-hydrogen) atoms. The van der Waals surface area contributed by atoms with Crippen LogP contribution in [0.2, 0.25) is 0 Å². The average Bonchev–Trinajstić information content (AvgIpc) is 2.99. The van der Waals surface area contributed by atoms with Gasteiger partial charge >= 0.3 is 11.9 Å². The van der Waals surface area contributed by atoms with E-state index < -0.39 is 0 Å². The summed E-state index contributed by atoms with van der Waals surface area (Å²) < 4.78 is 11.7. The number of carbonyl (C=O) groups excluding carboxylic acids is 2. The number of hydrogen-bond donors (Lipinski definition) is 0. The first-order valence-electron chi connectivity index (χ1n) is 10.7. The minimum atomic E-state index is -0.255. The van der Waals surface area contributed by atoms with E-state index in [4.69, 9.17) is 9.47 Å². The minimum absolute atomic E-state index is 0.0233. The molecule has 2 fully saturated rings. The molecule has 160 valence electrons. The Labute approximate surface area is 175 Å². The molecule has 5 heteroatoms. The topological polar surface area (TPSA) is 52.6 Å². The molecule has 1 aromatic rings. The molecule has 0 saturated heterocycles. The Balaban J connectivity index is 1.43. The smallest absolute Gasteiger partial charge is 0.362 e. The number of nitrogens with zero attached hydrogens (tertiary/aromatic N) is 1. The predicted molar refractivity (Wildman–Crippen MR) is 112 cm³/mol. The molecule has 3 rings (SSSR count). The van der Waals surface area contributed by atoms with Gasteiger partial charge in [-0.05, 0) is 36.2 Å². The summed E-state index contributed by atoms with van der Waals surface area (Å²) in [6.45, 7) is 7.98. The van der Waals surface area contributed by atoms with Gasteiger partial charge in [0.2, 0.25) is 0 Å². The number of benzene rings is 1. The van der Waals surface area contributed by atoms with Crippen LogP contribution in [0.5, 0.6) is 0 Å². The number of quaternary nitrogens is 1. The van der Waals surface area contributed by atoms with E-state index in [2.05, 4.69) is 20.8 Å². The van der Waals surface area contributed by atoms with E-state index in [0.29, 0.717) is 23.4 Å². The summed E-state index contributed by atoms with van der Waals surface area (Å²) in [6, 6.07) is 9.64. The first kappa shape index (κ1) is 21.8. The monoisotopic (exact) mass is 402 g/mol. The second kappa shape index (κ2) is 8.10. The van der Waals surface area contributed by atoms with Gasteiger partial charge in [0.15, 0.2) is 6.54 Å². The van der Waals surface area contributed by atoms with Crippen molar-refractivity contribution in [3.63, 3.8) is 0 Å². The molecular formula is C24H36NO4+. The van der Waals surface area contributed by atoms with Gasteiger partial charge in [0.05, 0.1) is 27.1 Å². The molecule has 0 spiro atoms. The Kier molecular flexibility index (Phi) is 6.09. The number of hydrogen-bond acceptors (Lipinski definition) is 4. The Hall–Kier alpha value is -1.88. The van der Waals surface area contributed by atoms with Crippen LogP contribution in [-0.4, -0.2) is 49.7 Å². The SMILES string of the molecule is CC1(C)[C@H]2CC[C@@]1(C)[C@@H](OC(=O)CC[N+](C)(C)CC(=O)OCc1ccccc1)C2. The van der Waals surface area contributed by atoms with Gasteiger partial charge in [-0.2, -0.15) is 0 Å². The lowest BCUT2D eigenvalue weighted by atomic mass is 9.70. The number of carbonyl (C=O) groups is 2. The first-order chi connectivity index (χ1) is 13.5. The number of ether oxygens (including phenoxy) is 2. The summed E-state index contributed by atoms with van der Waals surface area (Å²) in [7, 11) is 3.89. The van der Waals surface area contributed by atoms with Crippen molar-refractivity contribution < 1.29 is 23.5 Å². The second-order valence-electron chi connectivity index (χ2n) is 10.3. The maximum atomic E-state index is 12.5. The normalized spacial score (nSPS) is 27.6. The van der Waals surface area contributed by atoms with Gasteiger partial charge in [0.25, 0.3) is 0 Å². The van der Waals surface area contributed by atoms with Gasteiger partial charge in [-0.1, -0.05) is 51.1 Å². The van der Waals surface area contributed by atoms with Gasteiger partial charge in [0.1, 0.15) is 12.7 Å². The van der Waals surface area contributed by atoms with Gasteiger partial charge in [-0.3, -0.25) is 4.79 Å². The maximum Gasteiger partial charge on any atom is 0.362 e. The van der Waals surface area contributed by atoms with Crippen molar-refractivity contribution in [3.05, 3.63) is 35.9 Å². The Morgan fingerprint density at radius 1 is 1.10 bits per heavy atom. The molecule has 0 heterocycles. The van der Waals surface area contributed by atoms with E-state index in [1.54, 1.807) is 0 Å². The lowest BCUT2D eigenvalue weighted by Crippen LogP contribution is -2.46. The van der Waals surface area contributed by atoms with E-state index in [1.165, 1.54) is 6.42 Å². The molecule has 2 bridgehead atoms. The van der Waals surface area contributed by atoms with Crippen LogP contribution in [0.3, 0.4) is 0 Å². The van der Waals surface area contributed by atoms with Gasteiger partial charge in [0, 0.05) is 5.41 Å². The number of esters is 2. The van der Waals surface area contributed by atoms with Crippen LogP contribution in [0.25, 0.3) is 0 Å². The molecule has 1 aromatic carbocycles. The summed E-state index contributed by atoms with van der Waals surface area (Å²) >= 11 is 0. The largest absolute Gasteiger partial charge is 0.462 e. The summed E-state index contributed by atoms with van der Waals surface area (Å²) in [5.74, 6) is 0.245. The van der Waals surface area contributed by atoms with Crippen molar-refractivity contribution in [1.82, 2.24) is 0 Å². The molecule has 0 amide bonds. The fourth-order valence-electron chi connectivity index (χ4n) is 5.13. The summed E-state index contributed by atoms with van der Waals surface area (Å²) in [4.78, 5) is 24.7. The molecule has 2 aliphatic rings. The maximum absolute atomic E-state index is 12.5. The highest BCUT2D eigenvalue weighted by Crippen LogP contribution is 2.66. The first-order valence-corrected chi connectivity index (χ1v) is 10.7. The van der Waals surface area contributed by atoms with Crippen molar-refractivity contribution >= 4 is 11.9 Å². The van der Waals surface area contributed by atoms with Crippen LogP contribution in [0.1, 0.15) is 52.0 Å². The molecule has 3 atom stereocenters. The van der Waals surface area contributed by atoms with Crippen LogP contribution < -0.4 is 0 Å². The van der Waals surface area contributed by atoms with Crippen molar-refractivity contribution in [3.8, 4) is 0 Å². The zero-order valence-electron chi connectivity index (χ0n) is 18.6. The van der Waals surface area contributed by atoms with Crippen LogP contribution in [0.4, 0.5) is 0 Å². The van der Waals surface area contributed by atoms with Crippen LogP contribution in [0.15, 0.2) is 30.3 Å². The molecular weight excluding hydrogens is 366 g/mol. The third kappa shape index (κ3) is 4.66.